The number of primary amides is 1. The van der Waals surface area contributed by atoms with Crippen LogP contribution in [-0.4, -0.2) is 30.9 Å². The summed E-state index contributed by atoms with van der Waals surface area (Å²) in [4.78, 5) is 22.0. The van der Waals surface area contributed by atoms with Crippen molar-refractivity contribution in [2.45, 2.75) is 31.2 Å². The van der Waals surface area contributed by atoms with E-state index in [1.165, 1.54) is 20.8 Å². The topological polar surface area (TPSA) is 127 Å². The van der Waals surface area contributed by atoms with Gasteiger partial charge < -0.3 is 10.8 Å². The van der Waals surface area contributed by atoms with Gasteiger partial charge in [0.1, 0.15) is 5.54 Å². The first-order valence-corrected chi connectivity index (χ1v) is 7.62. The number of hydrogen-bond donors (Lipinski definition) is 3. The van der Waals surface area contributed by atoms with E-state index in [1.807, 2.05) is 0 Å². The van der Waals surface area contributed by atoms with E-state index in [0.717, 1.165) is 12.1 Å². The van der Waals surface area contributed by atoms with Gasteiger partial charge in [0, 0.05) is 5.02 Å². The molecule has 1 aromatic rings. The molecule has 4 N–H and O–H groups in total. The Bertz CT molecular complexity index is 713. The van der Waals surface area contributed by atoms with Crippen LogP contribution in [0, 0.1) is 6.92 Å². The third kappa shape index (κ3) is 3.72. The molecule has 0 radical (unpaired) electrons. The fraction of sp³-hybridized carbons (Fsp3) is 0.333. The molecule has 0 atom stereocenters. The summed E-state index contributed by atoms with van der Waals surface area (Å²) in [6.07, 6.45) is 0. The lowest BCUT2D eigenvalue weighted by atomic mass is 10.1. The lowest BCUT2D eigenvalue weighted by molar-refractivity contribution is -0.122. The zero-order valence-corrected chi connectivity index (χ0v) is 13.2. The Morgan fingerprint density at radius 1 is 1.33 bits per heavy atom. The normalized spacial score (nSPS) is 12.2. The molecule has 7 nitrogen and oxygen atoms in total. The third-order valence-corrected chi connectivity index (χ3v) is 4.85. The minimum absolute atomic E-state index is 0.0136. The monoisotopic (exact) mass is 334 g/mol. The lowest BCUT2D eigenvalue weighted by Crippen LogP contribution is -2.52. The summed E-state index contributed by atoms with van der Waals surface area (Å²) < 4.78 is 26.8. The Kier molecular flexibility index (Phi) is 4.66. The summed E-state index contributed by atoms with van der Waals surface area (Å²) in [5, 5.41) is 9.01. The van der Waals surface area contributed by atoms with Crippen LogP contribution in [0.15, 0.2) is 17.0 Å². The Hall–Kier alpha value is -1.64. The van der Waals surface area contributed by atoms with Crippen LogP contribution < -0.4 is 10.5 Å². The second kappa shape index (κ2) is 5.63. The molecule has 0 saturated carbocycles. The van der Waals surface area contributed by atoms with Crippen molar-refractivity contribution < 1.29 is 23.1 Å². The summed E-state index contributed by atoms with van der Waals surface area (Å²) in [6, 6.07) is 2.26. The summed E-state index contributed by atoms with van der Waals surface area (Å²) in [6.45, 7) is 3.93. The summed E-state index contributed by atoms with van der Waals surface area (Å²) in [5.74, 6) is -2.18. The number of nitrogens with one attached hydrogen (secondary N) is 1. The number of halogens is 1. The predicted molar refractivity (Wildman–Crippen MR) is 76.7 cm³/mol. The van der Waals surface area contributed by atoms with Gasteiger partial charge >= 0.3 is 5.97 Å². The van der Waals surface area contributed by atoms with E-state index in [1.54, 1.807) is 0 Å². The highest BCUT2D eigenvalue weighted by atomic mass is 35.5. The fourth-order valence-corrected chi connectivity index (χ4v) is 3.56. The molecule has 0 aliphatic heterocycles. The third-order valence-electron chi connectivity index (χ3n) is 2.85. The van der Waals surface area contributed by atoms with Crippen LogP contribution >= 0.6 is 11.6 Å². The first-order valence-electron chi connectivity index (χ1n) is 5.76. The molecule has 0 spiro atoms. The largest absolute Gasteiger partial charge is 0.478 e. The van der Waals surface area contributed by atoms with E-state index >= 15 is 0 Å². The van der Waals surface area contributed by atoms with Gasteiger partial charge in [-0.25, -0.2) is 13.2 Å². The second-order valence-corrected chi connectivity index (χ2v) is 7.06. The van der Waals surface area contributed by atoms with Crippen LogP contribution in [0.1, 0.15) is 29.8 Å². The molecule has 1 rings (SSSR count). The van der Waals surface area contributed by atoms with Crippen LogP contribution in [0.3, 0.4) is 0 Å². The van der Waals surface area contributed by atoms with E-state index in [0.29, 0.717) is 0 Å². The molecule has 0 bridgehead atoms. The van der Waals surface area contributed by atoms with Gasteiger partial charge in [0.2, 0.25) is 15.9 Å². The number of carbonyl (C=O) groups excluding carboxylic acids is 1. The Morgan fingerprint density at radius 2 is 1.86 bits per heavy atom. The molecular weight excluding hydrogens is 320 g/mol. The van der Waals surface area contributed by atoms with Gasteiger partial charge in [0.25, 0.3) is 0 Å². The number of carboxylic acid groups (broad SMARTS) is 1. The van der Waals surface area contributed by atoms with Crippen molar-refractivity contribution in [3.05, 3.63) is 28.3 Å². The highest BCUT2D eigenvalue weighted by Crippen LogP contribution is 2.25. The van der Waals surface area contributed by atoms with Gasteiger partial charge in [0.05, 0.1) is 10.5 Å². The van der Waals surface area contributed by atoms with Crippen LogP contribution in [0.4, 0.5) is 0 Å². The zero-order valence-electron chi connectivity index (χ0n) is 11.6. The van der Waals surface area contributed by atoms with Crippen molar-refractivity contribution in [1.29, 1.82) is 0 Å². The average molecular weight is 335 g/mol. The number of amides is 1. The summed E-state index contributed by atoms with van der Waals surface area (Å²) in [5.41, 5.74) is 3.36. The number of nitrogens with two attached hydrogens (primary N) is 1. The Morgan fingerprint density at radius 3 is 2.29 bits per heavy atom. The number of carbonyl (C=O) groups is 2. The standard InChI is InChI=1S/C12H15ClN2O5S/c1-6-8(10(16)17)4-7(13)5-9(6)21(19,20)15-12(2,3)11(14)18/h4-5,15H,1-3H3,(H2,14,18)(H,16,17). The van der Waals surface area contributed by atoms with Gasteiger partial charge in [0.15, 0.2) is 0 Å². The summed E-state index contributed by atoms with van der Waals surface area (Å²) in [7, 11) is -4.17. The Labute approximate surface area is 127 Å². The van der Waals surface area contributed by atoms with E-state index in [4.69, 9.17) is 22.4 Å². The minimum Gasteiger partial charge on any atom is -0.478 e. The number of benzene rings is 1. The maximum atomic E-state index is 12.3. The SMILES string of the molecule is Cc1c(C(=O)O)cc(Cl)cc1S(=O)(=O)NC(C)(C)C(N)=O. The molecule has 116 valence electrons. The van der Waals surface area contributed by atoms with Gasteiger partial charge in [-0.2, -0.15) is 4.72 Å². The van der Waals surface area contributed by atoms with Crippen LogP contribution in [-0.2, 0) is 14.8 Å². The molecule has 1 amide bonds. The quantitative estimate of drug-likeness (QED) is 0.737. The van der Waals surface area contributed by atoms with Crippen molar-refractivity contribution in [3.8, 4) is 0 Å². The molecule has 0 aliphatic carbocycles. The molecule has 0 saturated heterocycles. The predicted octanol–water partition coefficient (Wildman–Crippen LogP) is 0.889. The highest BCUT2D eigenvalue weighted by molar-refractivity contribution is 7.89. The Balaban J connectivity index is 3.46. The average Bonchev–Trinajstić information content (AvgIpc) is 2.29. The first kappa shape index (κ1) is 17.4. The van der Waals surface area contributed by atoms with E-state index < -0.39 is 27.4 Å². The molecule has 9 heteroatoms. The summed E-state index contributed by atoms with van der Waals surface area (Å²) >= 11 is 5.76. The van der Waals surface area contributed by atoms with Crippen LogP contribution in [0.25, 0.3) is 0 Å². The number of hydrogen-bond acceptors (Lipinski definition) is 4. The molecule has 0 heterocycles. The highest BCUT2D eigenvalue weighted by Gasteiger charge is 2.33. The molecule has 0 fully saturated rings. The second-order valence-electron chi connectivity index (χ2n) is 4.98. The van der Waals surface area contributed by atoms with Crippen molar-refractivity contribution in [2.75, 3.05) is 0 Å². The lowest BCUT2D eigenvalue weighted by Gasteiger charge is -2.23. The van der Waals surface area contributed by atoms with Crippen molar-refractivity contribution in [1.82, 2.24) is 4.72 Å². The molecule has 0 aliphatic rings. The maximum Gasteiger partial charge on any atom is 0.336 e. The number of rotatable bonds is 5. The van der Waals surface area contributed by atoms with Gasteiger partial charge in [-0.3, -0.25) is 4.79 Å². The molecule has 1 aromatic carbocycles. The van der Waals surface area contributed by atoms with Gasteiger partial charge in [-0.1, -0.05) is 11.6 Å². The first-order chi connectivity index (χ1) is 9.38. The number of aromatic carboxylic acids is 1. The van der Waals surface area contributed by atoms with E-state index in [-0.39, 0.29) is 21.0 Å². The fourth-order valence-electron chi connectivity index (χ4n) is 1.60. The number of carboxylic acids is 1. The van der Waals surface area contributed by atoms with Crippen LogP contribution in [0.2, 0.25) is 5.02 Å². The van der Waals surface area contributed by atoms with Gasteiger partial charge in [-0.05, 0) is 38.5 Å². The van der Waals surface area contributed by atoms with Crippen molar-refractivity contribution in [2.24, 2.45) is 5.73 Å². The molecule has 21 heavy (non-hydrogen) atoms. The maximum absolute atomic E-state index is 12.3. The van der Waals surface area contributed by atoms with Gasteiger partial charge in [-0.15, -0.1) is 0 Å². The van der Waals surface area contributed by atoms with Crippen LogP contribution in [0.5, 0.6) is 0 Å². The smallest absolute Gasteiger partial charge is 0.336 e. The molecule has 0 aromatic heterocycles. The molecule has 0 unspecified atom stereocenters. The molecular formula is C12H15ClN2O5S. The number of sulfonamides is 1. The van der Waals surface area contributed by atoms with Crippen molar-refractivity contribution in [3.63, 3.8) is 0 Å². The van der Waals surface area contributed by atoms with E-state index in [9.17, 15) is 18.0 Å². The zero-order chi connectivity index (χ0) is 16.6. The minimum atomic E-state index is -4.17. The van der Waals surface area contributed by atoms with E-state index in [2.05, 4.69) is 4.72 Å². The van der Waals surface area contributed by atoms with Crippen molar-refractivity contribution >= 4 is 33.5 Å².